The van der Waals surface area contributed by atoms with Gasteiger partial charge in [-0.1, -0.05) is 46.7 Å². The second kappa shape index (κ2) is 9.76. The molecule has 1 aliphatic heterocycles. The third kappa shape index (κ3) is 4.89. The molecule has 0 saturated carbocycles. The maximum absolute atomic E-state index is 12.9. The fourth-order valence-corrected chi connectivity index (χ4v) is 5.10. The lowest BCUT2D eigenvalue weighted by molar-refractivity contribution is -0.117. The molecule has 1 N–H and O–H groups in total. The Balaban J connectivity index is 1.44. The smallest absolute Gasteiger partial charge is 0.240 e. The van der Waals surface area contributed by atoms with Crippen molar-refractivity contribution in [2.75, 3.05) is 44.6 Å². The molecule has 33 heavy (non-hydrogen) atoms. The molecule has 1 aliphatic rings. The van der Waals surface area contributed by atoms with Gasteiger partial charge in [-0.15, -0.1) is 10.2 Å². The van der Waals surface area contributed by atoms with E-state index in [9.17, 15) is 4.79 Å². The van der Waals surface area contributed by atoms with Crippen LogP contribution in [0.3, 0.4) is 0 Å². The number of anilines is 1. The Morgan fingerprint density at radius 3 is 2.52 bits per heavy atom. The van der Waals surface area contributed by atoms with E-state index in [-0.39, 0.29) is 5.91 Å². The van der Waals surface area contributed by atoms with E-state index in [0.29, 0.717) is 23.3 Å². The van der Waals surface area contributed by atoms with Crippen LogP contribution in [0.15, 0.2) is 63.1 Å². The van der Waals surface area contributed by atoms with E-state index in [1.165, 1.54) is 11.8 Å². The lowest BCUT2D eigenvalue weighted by atomic mass is 10.2. The number of amides is 1. The number of nitrogens with zero attached hydrogens (tertiary/aromatic N) is 6. The lowest BCUT2D eigenvalue weighted by Gasteiger charge is -2.33. The minimum Gasteiger partial charge on any atom is -0.301 e. The fraction of sp³-hybridized carbons (Fsp3) is 0.304. The second-order valence-electron chi connectivity index (χ2n) is 7.91. The van der Waals surface area contributed by atoms with Crippen molar-refractivity contribution in [3.63, 3.8) is 0 Å². The molecule has 0 bridgehead atoms. The van der Waals surface area contributed by atoms with Gasteiger partial charge in [-0.05, 0) is 42.9 Å². The number of carbonyl (C=O) groups is 1. The fourth-order valence-electron chi connectivity index (χ4n) is 3.94. The molecule has 2 aromatic carbocycles. The molecule has 2 aromatic heterocycles. The molecule has 8 nitrogen and oxygen atoms in total. The number of likely N-dealkylation sites (N-methyl/N-ethyl adjacent to an activating group) is 1. The largest absolute Gasteiger partial charge is 0.301 e. The van der Waals surface area contributed by atoms with Crippen LogP contribution in [0, 0.1) is 0 Å². The number of para-hydroxylation sites is 1. The minimum absolute atomic E-state index is 0.0954. The van der Waals surface area contributed by atoms with Crippen LogP contribution in [0.5, 0.6) is 0 Å². The maximum atomic E-state index is 12.9. The highest BCUT2D eigenvalue weighted by atomic mass is 79.9. The predicted octanol–water partition coefficient (Wildman–Crippen LogP) is 3.77. The standard InChI is InChI=1S/C23H24BrN7OS/c1-2-29-11-13-30(14-12-29)15-20(32)26-22-28-27-21-18-5-3-4-6-19(18)25-23(31(21)22)33-17-9-7-16(24)8-10-17/h3-10H,2,11-15H2,1H3,(H,26,28,32). The Morgan fingerprint density at radius 2 is 1.76 bits per heavy atom. The van der Waals surface area contributed by atoms with Gasteiger partial charge in [-0.3, -0.25) is 15.0 Å². The van der Waals surface area contributed by atoms with Crippen molar-refractivity contribution in [3.05, 3.63) is 53.0 Å². The molecular weight excluding hydrogens is 502 g/mol. The summed E-state index contributed by atoms with van der Waals surface area (Å²) in [4.78, 5) is 23.3. The van der Waals surface area contributed by atoms with Gasteiger partial charge in [-0.25, -0.2) is 9.38 Å². The van der Waals surface area contributed by atoms with E-state index in [1.54, 1.807) is 0 Å². The van der Waals surface area contributed by atoms with Gasteiger partial charge in [0.1, 0.15) is 0 Å². The molecule has 0 atom stereocenters. The second-order valence-corrected chi connectivity index (χ2v) is 9.87. The first kappa shape index (κ1) is 22.3. The van der Waals surface area contributed by atoms with Crippen LogP contribution in [-0.2, 0) is 4.79 Å². The molecule has 1 amide bonds. The molecule has 5 rings (SSSR count). The zero-order valence-corrected chi connectivity index (χ0v) is 20.6. The number of hydrogen-bond acceptors (Lipinski definition) is 7. The number of rotatable bonds is 6. The highest BCUT2D eigenvalue weighted by molar-refractivity contribution is 9.10. The van der Waals surface area contributed by atoms with Gasteiger partial charge < -0.3 is 4.90 Å². The maximum Gasteiger partial charge on any atom is 0.240 e. The molecule has 0 radical (unpaired) electrons. The summed E-state index contributed by atoms with van der Waals surface area (Å²) >= 11 is 4.99. The van der Waals surface area contributed by atoms with Gasteiger partial charge in [0, 0.05) is 40.9 Å². The van der Waals surface area contributed by atoms with E-state index < -0.39 is 0 Å². The van der Waals surface area contributed by atoms with Crippen molar-refractivity contribution >= 4 is 56.1 Å². The van der Waals surface area contributed by atoms with E-state index in [1.807, 2.05) is 52.9 Å². The van der Waals surface area contributed by atoms with Gasteiger partial charge >= 0.3 is 0 Å². The SMILES string of the molecule is CCN1CCN(CC(=O)Nc2nnc3c4ccccc4nc(Sc4ccc(Br)cc4)n23)CC1. The first-order valence-corrected chi connectivity index (χ1v) is 12.5. The number of benzene rings is 2. The molecule has 170 valence electrons. The summed E-state index contributed by atoms with van der Waals surface area (Å²) in [5.74, 6) is 0.294. The summed E-state index contributed by atoms with van der Waals surface area (Å²) in [6, 6.07) is 15.9. The Morgan fingerprint density at radius 1 is 1.03 bits per heavy atom. The lowest BCUT2D eigenvalue weighted by Crippen LogP contribution is -2.48. The van der Waals surface area contributed by atoms with Crippen LogP contribution in [0.4, 0.5) is 5.95 Å². The van der Waals surface area contributed by atoms with Gasteiger partial charge in [-0.2, -0.15) is 0 Å². The zero-order valence-electron chi connectivity index (χ0n) is 18.2. The van der Waals surface area contributed by atoms with Crippen molar-refractivity contribution in [2.45, 2.75) is 17.0 Å². The van der Waals surface area contributed by atoms with E-state index >= 15 is 0 Å². The van der Waals surface area contributed by atoms with Gasteiger partial charge in [0.15, 0.2) is 10.8 Å². The molecule has 3 heterocycles. The number of piperazine rings is 1. The van der Waals surface area contributed by atoms with Crippen LogP contribution in [0.25, 0.3) is 16.6 Å². The van der Waals surface area contributed by atoms with Crippen molar-refractivity contribution in [1.82, 2.24) is 29.4 Å². The zero-order chi connectivity index (χ0) is 22.8. The average molecular weight is 526 g/mol. The number of fused-ring (bicyclic) bond motifs is 3. The number of aromatic nitrogens is 4. The topological polar surface area (TPSA) is 78.7 Å². The molecule has 10 heteroatoms. The number of hydrogen-bond donors (Lipinski definition) is 1. The molecule has 4 aromatic rings. The summed E-state index contributed by atoms with van der Waals surface area (Å²) in [7, 11) is 0. The first-order chi connectivity index (χ1) is 16.1. The summed E-state index contributed by atoms with van der Waals surface area (Å²) in [5.41, 5.74) is 1.51. The predicted molar refractivity (Wildman–Crippen MR) is 134 cm³/mol. The minimum atomic E-state index is -0.0954. The first-order valence-electron chi connectivity index (χ1n) is 10.9. The third-order valence-corrected chi connectivity index (χ3v) is 7.26. The van der Waals surface area contributed by atoms with E-state index in [4.69, 9.17) is 4.98 Å². The van der Waals surface area contributed by atoms with E-state index in [2.05, 4.69) is 48.2 Å². The highest BCUT2D eigenvalue weighted by Crippen LogP contribution is 2.32. The number of halogens is 1. The normalized spacial score (nSPS) is 15.3. The Hall–Kier alpha value is -2.53. The van der Waals surface area contributed by atoms with Gasteiger partial charge in [0.05, 0.1) is 12.1 Å². The molecule has 1 fully saturated rings. The third-order valence-electron chi connectivity index (χ3n) is 5.77. The molecule has 0 aliphatic carbocycles. The summed E-state index contributed by atoms with van der Waals surface area (Å²) in [6.45, 7) is 7.30. The van der Waals surface area contributed by atoms with Crippen molar-refractivity contribution in [3.8, 4) is 0 Å². The van der Waals surface area contributed by atoms with Crippen molar-refractivity contribution in [2.24, 2.45) is 0 Å². The Kier molecular flexibility index (Phi) is 6.59. The van der Waals surface area contributed by atoms with Crippen LogP contribution >= 0.6 is 27.7 Å². The van der Waals surface area contributed by atoms with Crippen LogP contribution in [-0.4, -0.2) is 74.6 Å². The molecule has 0 unspecified atom stereocenters. The number of nitrogens with one attached hydrogen (secondary N) is 1. The van der Waals surface area contributed by atoms with Gasteiger partial charge in [0.2, 0.25) is 11.9 Å². The average Bonchev–Trinajstić information content (AvgIpc) is 3.25. The van der Waals surface area contributed by atoms with Crippen LogP contribution < -0.4 is 5.32 Å². The Bertz CT molecular complexity index is 1290. The van der Waals surface area contributed by atoms with E-state index in [0.717, 1.165) is 53.0 Å². The quantitative estimate of drug-likeness (QED) is 0.384. The van der Waals surface area contributed by atoms with Crippen LogP contribution in [0.1, 0.15) is 6.92 Å². The summed E-state index contributed by atoms with van der Waals surface area (Å²) in [6.07, 6.45) is 0. The summed E-state index contributed by atoms with van der Waals surface area (Å²) < 4.78 is 2.85. The van der Waals surface area contributed by atoms with Gasteiger partial charge in [0.25, 0.3) is 0 Å². The molecule has 1 saturated heterocycles. The molecular formula is C23H24BrN7OS. The molecule has 0 spiro atoms. The summed E-state index contributed by atoms with van der Waals surface area (Å²) in [5, 5.41) is 13.3. The Labute approximate surface area is 204 Å². The van der Waals surface area contributed by atoms with Crippen LogP contribution in [0.2, 0.25) is 0 Å². The van der Waals surface area contributed by atoms with Crippen molar-refractivity contribution < 1.29 is 4.79 Å². The monoisotopic (exact) mass is 525 g/mol. The highest BCUT2D eigenvalue weighted by Gasteiger charge is 2.21. The number of carbonyl (C=O) groups excluding carboxylic acids is 1. The van der Waals surface area contributed by atoms with Crippen molar-refractivity contribution in [1.29, 1.82) is 0 Å².